The van der Waals surface area contributed by atoms with Crippen molar-refractivity contribution in [2.75, 3.05) is 17.3 Å². The molecule has 25 heavy (non-hydrogen) atoms. The van der Waals surface area contributed by atoms with Crippen molar-refractivity contribution in [3.05, 3.63) is 29.3 Å². The molecule has 2 aliphatic rings. The lowest BCUT2D eigenvalue weighted by molar-refractivity contribution is -0.139. The molecule has 2 heterocycles. The third-order valence-electron chi connectivity index (χ3n) is 4.33. The van der Waals surface area contributed by atoms with Gasteiger partial charge in [0.15, 0.2) is 19.7 Å². The summed E-state index contributed by atoms with van der Waals surface area (Å²) in [6.45, 7) is 0.0859. The van der Waals surface area contributed by atoms with E-state index in [0.717, 1.165) is 0 Å². The van der Waals surface area contributed by atoms with Crippen LogP contribution in [0.3, 0.4) is 0 Å². The van der Waals surface area contributed by atoms with Crippen LogP contribution in [0.15, 0.2) is 23.1 Å². The van der Waals surface area contributed by atoms with Gasteiger partial charge in [-0.05, 0) is 30.0 Å². The Morgan fingerprint density at radius 2 is 1.84 bits per heavy atom. The second kappa shape index (κ2) is 6.41. The topological polar surface area (TPSA) is 126 Å². The van der Waals surface area contributed by atoms with E-state index in [-0.39, 0.29) is 23.8 Å². The average molecular weight is 386 g/mol. The van der Waals surface area contributed by atoms with Crippen molar-refractivity contribution >= 4 is 31.5 Å². The number of aryl methyl sites for hydroxylation is 1. The van der Waals surface area contributed by atoms with Crippen LogP contribution >= 0.6 is 0 Å². The summed E-state index contributed by atoms with van der Waals surface area (Å²) in [6, 6.07) is 4.29. The first kappa shape index (κ1) is 17.9. The molecule has 136 valence electrons. The number of nitrogens with one attached hydrogen (secondary N) is 2. The third kappa shape index (κ3) is 4.01. The van der Waals surface area contributed by atoms with Gasteiger partial charge in [0.05, 0.1) is 22.2 Å². The lowest BCUT2D eigenvalue weighted by Crippen LogP contribution is -2.44. The molecule has 2 amide bonds. The van der Waals surface area contributed by atoms with Gasteiger partial charge in [-0.1, -0.05) is 12.1 Å². The van der Waals surface area contributed by atoms with Gasteiger partial charge in [-0.3, -0.25) is 9.59 Å². The van der Waals surface area contributed by atoms with Crippen molar-refractivity contribution in [3.63, 3.8) is 0 Å². The molecule has 0 saturated carbocycles. The normalized spacial score (nSPS) is 23.0. The summed E-state index contributed by atoms with van der Waals surface area (Å²) in [5, 5.41) is 4.87. The van der Waals surface area contributed by atoms with E-state index in [9.17, 15) is 26.4 Å². The molecule has 0 aromatic heterocycles. The van der Waals surface area contributed by atoms with E-state index in [2.05, 4.69) is 10.6 Å². The Bertz CT molecular complexity index is 937. The molecule has 1 aromatic rings. The van der Waals surface area contributed by atoms with Crippen LogP contribution in [-0.2, 0) is 42.2 Å². The minimum absolute atomic E-state index is 0.0115. The number of sulfone groups is 2. The quantitative estimate of drug-likeness (QED) is 0.638. The van der Waals surface area contributed by atoms with Gasteiger partial charge in [0.25, 0.3) is 0 Å². The molecule has 0 aliphatic carbocycles. The van der Waals surface area contributed by atoms with Gasteiger partial charge in [0.1, 0.15) is 0 Å². The molecule has 1 unspecified atom stereocenters. The molecule has 0 bridgehead atoms. The van der Waals surface area contributed by atoms with E-state index in [4.69, 9.17) is 0 Å². The number of amides is 2. The summed E-state index contributed by atoms with van der Waals surface area (Å²) in [4.78, 5) is 24.0. The highest BCUT2D eigenvalue weighted by Gasteiger charge is 2.30. The molecule has 10 heteroatoms. The maximum absolute atomic E-state index is 11.8. The fourth-order valence-corrected chi connectivity index (χ4v) is 6.24. The maximum atomic E-state index is 11.8. The van der Waals surface area contributed by atoms with E-state index in [1.54, 1.807) is 12.1 Å². The number of carbonyl (C=O) groups excluding carboxylic acids is 2. The van der Waals surface area contributed by atoms with Crippen molar-refractivity contribution < 1.29 is 26.4 Å². The first-order valence-electron chi connectivity index (χ1n) is 7.80. The predicted octanol–water partition coefficient (Wildman–Crippen LogP) is -1.06. The average Bonchev–Trinajstić information content (AvgIpc) is 3.03. The van der Waals surface area contributed by atoms with Crippen LogP contribution in [0.1, 0.15) is 17.5 Å². The summed E-state index contributed by atoms with van der Waals surface area (Å²) < 4.78 is 46.2. The molecule has 8 nitrogen and oxygen atoms in total. The maximum Gasteiger partial charge on any atom is 0.309 e. The van der Waals surface area contributed by atoms with E-state index in [1.165, 1.54) is 6.07 Å². The van der Waals surface area contributed by atoms with Gasteiger partial charge in [-0.25, -0.2) is 16.8 Å². The molecular weight excluding hydrogens is 368 g/mol. The summed E-state index contributed by atoms with van der Waals surface area (Å²) >= 11 is 0. The van der Waals surface area contributed by atoms with Crippen molar-refractivity contribution in [3.8, 4) is 0 Å². The van der Waals surface area contributed by atoms with Gasteiger partial charge in [-0.15, -0.1) is 0 Å². The highest BCUT2D eigenvalue weighted by molar-refractivity contribution is 7.92. The minimum Gasteiger partial charge on any atom is -0.344 e. The Morgan fingerprint density at radius 1 is 1.08 bits per heavy atom. The summed E-state index contributed by atoms with van der Waals surface area (Å²) in [6.07, 6.45) is 0.747. The number of benzene rings is 1. The number of hydrogen-bond donors (Lipinski definition) is 2. The zero-order valence-electron chi connectivity index (χ0n) is 13.3. The fraction of sp³-hybridized carbons (Fsp3) is 0.467. The van der Waals surface area contributed by atoms with Crippen LogP contribution in [0.2, 0.25) is 0 Å². The highest BCUT2D eigenvalue weighted by Crippen LogP contribution is 2.26. The van der Waals surface area contributed by atoms with E-state index in [1.807, 2.05) is 0 Å². The number of hydrogen-bond acceptors (Lipinski definition) is 6. The third-order valence-corrected chi connectivity index (χ3v) is 7.90. The lowest BCUT2D eigenvalue weighted by Gasteiger charge is -2.11. The number of fused-ring (bicyclic) bond motifs is 1. The van der Waals surface area contributed by atoms with Gasteiger partial charge in [-0.2, -0.15) is 0 Å². The molecule has 1 atom stereocenters. The first-order chi connectivity index (χ1) is 11.7. The Balaban J connectivity index is 1.55. The van der Waals surface area contributed by atoms with E-state index >= 15 is 0 Å². The van der Waals surface area contributed by atoms with Gasteiger partial charge in [0.2, 0.25) is 0 Å². The Hall–Kier alpha value is -1.94. The minimum atomic E-state index is -3.19. The molecule has 0 radical (unpaired) electrons. The number of carbonyl (C=O) groups is 2. The first-order valence-corrected chi connectivity index (χ1v) is 11.3. The molecule has 1 saturated heterocycles. The van der Waals surface area contributed by atoms with Crippen LogP contribution < -0.4 is 10.6 Å². The standard InChI is InChI=1S/C15H18N2O6S2/c18-14(15(19)17-12-4-5-24(20,21)9-12)16-8-10-1-2-13-11(7-10)3-6-25(13,22)23/h1-2,7,12H,3-6,8-9H2,(H,16,18)(H,17,19). The van der Waals surface area contributed by atoms with Crippen LogP contribution in [-0.4, -0.2) is 52.0 Å². The van der Waals surface area contributed by atoms with Crippen molar-refractivity contribution in [1.29, 1.82) is 0 Å². The summed E-state index contributed by atoms with van der Waals surface area (Å²) in [5.74, 6) is -1.77. The van der Waals surface area contributed by atoms with Crippen molar-refractivity contribution in [2.45, 2.75) is 30.3 Å². The SMILES string of the molecule is O=C(NCc1ccc2c(c1)CCS2(=O)=O)C(=O)NC1CCS(=O)(=O)C1. The van der Waals surface area contributed by atoms with Crippen molar-refractivity contribution in [1.82, 2.24) is 10.6 Å². The molecule has 1 fully saturated rings. The largest absolute Gasteiger partial charge is 0.344 e. The second-order valence-corrected chi connectivity index (χ2v) is 10.6. The molecule has 1 aromatic carbocycles. The Labute approximate surface area is 145 Å². The van der Waals surface area contributed by atoms with Crippen LogP contribution in [0.4, 0.5) is 0 Å². The van der Waals surface area contributed by atoms with Gasteiger partial charge < -0.3 is 10.6 Å². The Kier molecular flexibility index (Phi) is 4.58. The van der Waals surface area contributed by atoms with Crippen LogP contribution in [0, 0.1) is 0 Å². The van der Waals surface area contributed by atoms with E-state index < -0.39 is 37.5 Å². The number of rotatable bonds is 3. The van der Waals surface area contributed by atoms with Crippen molar-refractivity contribution in [2.24, 2.45) is 0 Å². The molecule has 2 N–H and O–H groups in total. The summed E-state index contributed by atoms with van der Waals surface area (Å²) in [7, 11) is -6.32. The van der Waals surface area contributed by atoms with Crippen LogP contribution in [0.5, 0.6) is 0 Å². The highest BCUT2D eigenvalue weighted by atomic mass is 32.2. The zero-order valence-corrected chi connectivity index (χ0v) is 15.0. The molecule has 0 spiro atoms. The smallest absolute Gasteiger partial charge is 0.309 e. The fourth-order valence-electron chi connectivity index (χ4n) is 3.02. The predicted molar refractivity (Wildman–Crippen MR) is 89.2 cm³/mol. The lowest BCUT2D eigenvalue weighted by atomic mass is 10.1. The van der Waals surface area contributed by atoms with Crippen LogP contribution in [0.25, 0.3) is 0 Å². The second-order valence-electron chi connectivity index (χ2n) is 6.27. The van der Waals surface area contributed by atoms with Gasteiger partial charge in [0, 0.05) is 12.6 Å². The Morgan fingerprint density at radius 3 is 2.52 bits per heavy atom. The zero-order chi connectivity index (χ0) is 18.2. The van der Waals surface area contributed by atoms with Gasteiger partial charge >= 0.3 is 11.8 Å². The molecule has 3 rings (SSSR count). The monoisotopic (exact) mass is 386 g/mol. The molecule has 2 aliphatic heterocycles. The van der Waals surface area contributed by atoms with E-state index in [0.29, 0.717) is 28.9 Å². The summed E-state index contributed by atoms with van der Waals surface area (Å²) in [5.41, 5.74) is 1.41. The molecular formula is C15H18N2O6S2.